The van der Waals surface area contributed by atoms with Gasteiger partial charge in [0.15, 0.2) is 0 Å². The van der Waals surface area contributed by atoms with E-state index in [1.165, 1.54) is 10.4 Å². The van der Waals surface area contributed by atoms with Crippen molar-refractivity contribution in [2.45, 2.75) is 0 Å². The molecule has 2 aromatic carbocycles. The summed E-state index contributed by atoms with van der Waals surface area (Å²) >= 11 is 0. The first-order valence-corrected chi connectivity index (χ1v) is 6.21. The molecule has 0 aromatic heterocycles. The summed E-state index contributed by atoms with van der Waals surface area (Å²) < 4.78 is 0. The van der Waals surface area contributed by atoms with Gasteiger partial charge in [0.1, 0.15) is 11.5 Å². The Labute approximate surface area is 90.7 Å². The van der Waals surface area contributed by atoms with Crippen LogP contribution in [-0.2, 0) is 0 Å². The number of phenolic OH excluding ortho intramolecular Hbond substituents is 2. The third-order valence-electron chi connectivity index (χ3n) is 2.23. The molecule has 0 heterocycles. The van der Waals surface area contributed by atoms with Crippen molar-refractivity contribution in [1.29, 1.82) is 0 Å². The van der Waals surface area contributed by atoms with E-state index in [2.05, 4.69) is 0 Å². The Morgan fingerprint density at radius 1 is 0.733 bits per heavy atom. The zero-order valence-corrected chi connectivity index (χ0v) is 9.63. The van der Waals surface area contributed by atoms with E-state index in [1.54, 1.807) is 24.3 Å². The fourth-order valence-electron chi connectivity index (χ4n) is 1.57. The second-order valence-corrected chi connectivity index (χ2v) is 5.50. The maximum absolute atomic E-state index is 9.32. The van der Waals surface area contributed by atoms with Gasteiger partial charge in [-0.3, -0.25) is 0 Å². The van der Waals surface area contributed by atoms with E-state index in [0.717, 1.165) is 0 Å². The van der Waals surface area contributed by atoms with E-state index in [0.29, 0.717) is 11.5 Å². The monoisotopic (exact) mass is 216 g/mol. The topological polar surface area (TPSA) is 40.5 Å². The molecule has 0 saturated carbocycles. The van der Waals surface area contributed by atoms with Crippen molar-refractivity contribution < 1.29 is 10.2 Å². The lowest BCUT2D eigenvalue weighted by Crippen LogP contribution is -2.26. The summed E-state index contributed by atoms with van der Waals surface area (Å²) in [6.07, 6.45) is 0. The summed E-state index contributed by atoms with van der Waals surface area (Å²) in [6.45, 7) is 0. The zero-order valence-electron chi connectivity index (χ0n) is 8.22. The molecule has 0 radical (unpaired) electrons. The number of hydrogen-bond acceptors (Lipinski definition) is 2. The Morgan fingerprint density at radius 2 is 1.20 bits per heavy atom. The molecule has 0 saturated heterocycles. The van der Waals surface area contributed by atoms with E-state index in [4.69, 9.17) is 0 Å². The molecule has 2 nitrogen and oxygen atoms in total. The van der Waals surface area contributed by atoms with E-state index >= 15 is 0 Å². The standard InChI is InChI=1S/C12H12O2Si/c13-9-3-1-5-11(7-9)15-12-6-2-4-10(14)8-12/h1-8,13-14H,15H2. The summed E-state index contributed by atoms with van der Waals surface area (Å²) in [4.78, 5) is 0. The Hall–Kier alpha value is -1.74. The second kappa shape index (κ2) is 4.19. The van der Waals surface area contributed by atoms with Gasteiger partial charge in [-0.1, -0.05) is 34.6 Å². The molecule has 2 N–H and O–H groups in total. The quantitative estimate of drug-likeness (QED) is 0.705. The molecule has 0 aliphatic carbocycles. The molecule has 0 fully saturated rings. The van der Waals surface area contributed by atoms with Gasteiger partial charge in [0.25, 0.3) is 0 Å². The van der Waals surface area contributed by atoms with Crippen molar-refractivity contribution in [3.8, 4) is 11.5 Å². The first-order valence-electron chi connectivity index (χ1n) is 4.80. The highest BCUT2D eigenvalue weighted by molar-refractivity contribution is 6.67. The van der Waals surface area contributed by atoms with Gasteiger partial charge in [0, 0.05) is 0 Å². The summed E-state index contributed by atoms with van der Waals surface area (Å²) in [5.41, 5.74) is 0. The van der Waals surface area contributed by atoms with Crippen LogP contribution >= 0.6 is 0 Å². The third kappa shape index (κ3) is 2.60. The minimum atomic E-state index is -0.597. The molecule has 0 spiro atoms. The molecule has 0 atom stereocenters. The lowest BCUT2D eigenvalue weighted by molar-refractivity contribution is 0.475. The van der Waals surface area contributed by atoms with Crippen molar-refractivity contribution in [2.75, 3.05) is 0 Å². The normalized spacial score (nSPS) is 10.1. The van der Waals surface area contributed by atoms with Gasteiger partial charge in [-0.2, -0.15) is 0 Å². The van der Waals surface area contributed by atoms with Gasteiger partial charge in [-0.05, 0) is 24.3 Å². The summed E-state index contributed by atoms with van der Waals surface area (Å²) in [5.74, 6) is 0.611. The smallest absolute Gasteiger partial charge is 0.115 e. The van der Waals surface area contributed by atoms with E-state index in [1.807, 2.05) is 24.3 Å². The fraction of sp³-hybridized carbons (Fsp3) is 0. The molecule has 15 heavy (non-hydrogen) atoms. The predicted molar refractivity (Wildman–Crippen MR) is 64.0 cm³/mol. The molecule has 0 unspecified atom stereocenters. The number of hydrogen-bond donors (Lipinski definition) is 2. The van der Waals surface area contributed by atoms with Crippen LogP contribution < -0.4 is 10.4 Å². The molecule has 76 valence electrons. The highest BCUT2D eigenvalue weighted by Crippen LogP contribution is 2.04. The molecular weight excluding hydrogens is 204 g/mol. The number of phenols is 2. The average Bonchev–Trinajstić information content (AvgIpc) is 2.17. The first kappa shape index (κ1) is 9.80. The second-order valence-electron chi connectivity index (χ2n) is 3.52. The van der Waals surface area contributed by atoms with Crippen LogP contribution in [0, 0.1) is 0 Å². The molecule has 0 amide bonds. The highest BCUT2D eigenvalue weighted by atomic mass is 28.2. The molecule has 2 rings (SSSR count). The Kier molecular flexibility index (Phi) is 2.74. The van der Waals surface area contributed by atoms with Crippen LogP contribution in [0.15, 0.2) is 48.5 Å². The van der Waals surface area contributed by atoms with Crippen LogP contribution in [0.2, 0.25) is 0 Å². The van der Waals surface area contributed by atoms with Crippen LogP contribution in [0.25, 0.3) is 0 Å². The lowest BCUT2D eigenvalue weighted by Gasteiger charge is -2.02. The molecule has 0 bridgehead atoms. The molecular formula is C12H12O2Si. The Balaban J connectivity index is 2.22. The van der Waals surface area contributed by atoms with Gasteiger partial charge in [0.05, 0.1) is 9.52 Å². The van der Waals surface area contributed by atoms with Crippen LogP contribution in [0.1, 0.15) is 0 Å². The van der Waals surface area contributed by atoms with Crippen LogP contribution in [0.4, 0.5) is 0 Å². The Bertz CT molecular complexity index is 425. The van der Waals surface area contributed by atoms with Crippen LogP contribution in [-0.4, -0.2) is 19.7 Å². The minimum Gasteiger partial charge on any atom is -0.508 e. The maximum Gasteiger partial charge on any atom is 0.115 e. The summed E-state index contributed by atoms with van der Waals surface area (Å²) in [6, 6.07) is 14.6. The van der Waals surface area contributed by atoms with Crippen molar-refractivity contribution in [3.63, 3.8) is 0 Å². The SMILES string of the molecule is Oc1cccc([SiH2]c2cccc(O)c2)c1. The van der Waals surface area contributed by atoms with Crippen molar-refractivity contribution in [1.82, 2.24) is 0 Å². The predicted octanol–water partition coefficient (Wildman–Crippen LogP) is 0.217. The van der Waals surface area contributed by atoms with Crippen LogP contribution in [0.5, 0.6) is 11.5 Å². The molecule has 3 heteroatoms. The number of benzene rings is 2. The van der Waals surface area contributed by atoms with E-state index in [-0.39, 0.29) is 0 Å². The van der Waals surface area contributed by atoms with Gasteiger partial charge in [-0.15, -0.1) is 0 Å². The maximum atomic E-state index is 9.32. The average molecular weight is 216 g/mol. The van der Waals surface area contributed by atoms with E-state index in [9.17, 15) is 10.2 Å². The van der Waals surface area contributed by atoms with Gasteiger partial charge in [0.2, 0.25) is 0 Å². The fourth-order valence-corrected chi connectivity index (χ4v) is 3.17. The molecule has 0 aliphatic rings. The lowest BCUT2D eigenvalue weighted by atomic mass is 10.3. The summed E-state index contributed by atoms with van der Waals surface area (Å²) in [5, 5.41) is 21.0. The summed E-state index contributed by atoms with van der Waals surface area (Å²) in [7, 11) is -0.597. The zero-order chi connectivity index (χ0) is 10.7. The van der Waals surface area contributed by atoms with E-state index < -0.39 is 9.52 Å². The molecule has 0 aliphatic heterocycles. The first-order chi connectivity index (χ1) is 7.24. The largest absolute Gasteiger partial charge is 0.508 e. The van der Waals surface area contributed by atoms with Crippen molar-refractivity contribution >= 4 is 19.9 Å². The van der Waals surface area contributed by atoms with Crippen molar-refractivity contribution in [3.05, 3.63) is 48.5 Å². The highest BCUT2D eigenvalue weighted by Gasteiger charge is 1.99. The van der Waals surface area contributed by atoms with Crippen LogP contribution in [0.3, 0.4) is 0 Å². The minimum absolute atomic E-state index is 0.306. The van der Waals surface area contributed by atoms with Gasteiger partial charge in [-0.25, -0.2) is 0 Å². The third-order valence-corrected chi connectivity index (χ3v) is 3.93. The number of aromatic hydroxyl groups is 2. The van der Waals surface area contributed by atoms with Gasteiger partial charge >= 0.3 is 0 Å². The Morgan fingerprint density at radius 3 is 1.60 bits per heavy atom. The molecule has 2 aromatic rings. The van der Waals surface area contributed by atoms with Gasteiger partial charge < -0.3 is 10.2 Å². The number of rotatable bonds is 2. The van der Waals surface area contributed by atoms with Crippen molar-refractivity contribution in [2.24, 2.45) is 0 Å².